The maximum absolute atomic E-state index is 11.4. The van der Waals surface area contributed by atoms with Crippen LogP contribution in [-0.2, 0) is 9.53 Å². The molecule has 0 amide bonds. The third kappa shape index (κ3) is 3.72. The Labute approximate surface area is 108 Å². The summed E-state index contributed by atoms with van der Waals surface area (Å²) in [7, 11) is 0. The molecule has 3 nitrogen and oxygen atoms in total. The molecule has 0 aliphatic heterocycles. The lowest BCUT2D eigenvalue weighted by atomic mass is 10.3. The lowest BCUT2D eigenvalue weighted by Crippen LogP contribution is -2.16. The van der Waals surface area contributed by atoms with Crippen LogP contribution in [0.5, 0.6) is 0 Å². The number of carbonyl (C=O) groups excluding carboxylic acids is 1. The SMILES string of the molecule is CCOC(=O)C(C)Sc1ccc(Br)cc1N. The van der Waals surface area contributed by atoms with Gasteiger partial charge in [0.15, 0.2) is 0 Å². The molecule has 5 heteroatoms. The van der Waals surface area contributed by atoms with E-state index in [2.05, 4.69) is 15.9 Å². The van der Waals surface area contributed by atoms with Crippen molar-refractivity contribution in [1.29, 1.82) is 0 Å². The summed E-state index contributed by atoms with van der Waals surface area (Å²) < 4.78 is 5.86. The van der Waals surface area contributed by atoms with Crippen LogP contribution in [0.15, 0.2) is 27.6 Å². The number of thioether (sulfide) groups is 1. The first-order valence-corrected chi connectivity index (χ1v) is 6.60. The van der Waals surface area contributed by atoms with Crippen molar-refractivity contribution in [1.82, 2.24) is 0 Å². The predicted octanol–water partition coefficient (Wildman–Crippen LogP) is 3.08. The number of hydrogen-bond acceptors (Lipinski definition) is 4. The van der Waals surface area contributed by atoms with Gasteiger partial charge in [0.05, 0.1) is 6.61 Å². The fourth-order valence-corrected chi connectivity index (χ4v) is 2.39. The molecule has 0 saturated carbocycles. The summed E-state index contributed by atoms with van der Waals surface area (Å²) in [6.07, 6.45) is 0. The Balaban J connectivity index is 2.69. The Morgan fingerprint density at radius 2 is 2.31 bits per heavy atom. The van der Waals surface area contributed by atoms with E-state index in [4.69, 9.17) is 10.5 Å². The number of nitrogen functional groups attached to an aromatic ring is 1. The minimum Gasteiger partial charge on any atom is -0.465 e. The van der Waals surface area contributed by atoms with Crippen LogP contribution in [-0.4, -0.2) is 17.8 Å². The molecule has 16 heavy (non-hydrogen) atoms. The third-order valence-corrected chi connectivity index (χ3v) is 3.56. The molecule has 0 radical (unpaired) electrons. The summed E-state index contributed by atoms with van der Waals surface area (Å²) in [6.45, 7) is 4.01. The Morgan fingerprint density at radius 3 is 2.88 bits per heavy atom. The molecule has 1 atom stereocenters. The number of benzene rings is 1. The number of anilines is 1. The lowest BCUT2D eigenvalue weighted by molar-refractivity contribution is -0.142. The first-order valence-electron chi connectivity index (χ1n) is 4.93. The van der Waals surface area contributed by atoms with Crippen LogP contribution in [0.3, 0.4) is 0 Å². The van der Waals surface area contributed by atoms with Gasteiger partial charge in [-0.05, 0) is 32.0 Å². The van der Waals surface area contributed by atoms with Crippen molar-refractivity contribution in [3.05, 3.63) is 22.7 Å². The highest BCUT2D eigenvalue weighted by molar-refractivity contribution is 9.10. The van der Waals surface area contributed by atoms with Crippen LogP contribution < -0.4 is 5.73 Å². The highest BCUT2D eigenvalue weighted by Gasteiger charge is 2.16. The lowest BCUT2D eigenvalue weighted by Gasteiger charge is -2.11. The summed E-state index contributed by atoms with van der Waals surface area (Å²) >= 11 is 4.74. The zero-order valence-corrected chi connectivity index (χ0v) is 11.6. The Morgan fingerprint density at radius 1 is 1.62 bits per heavy atom. The van der Waals surface area contributed by atoms with E-state index < -0.39 is 0 Å². The highest BCUT2D eigenvalue weighted by Crippen LogP contribution is 2.31. The van der Waals surface area contributed by atoms with Gasteiger partial charge in [-0.25, -0.2) is 0 Å². The molecular formula is C11H14BrNO2S. The molecule has 0 aromatic heterocycles. The van der Waals surface area contributed by atoms with Gasteiger partial charge in [-0.3, -0.25) is 4.79 Å². The molecule has 88 valence electrons. The molecule has 1 rings (SSSR count). The molecule has 1 aromatic rings. The van der Waals surface area contributed by atoms with Gasteiger partial charge < -0.3 is 10.5 Å². The van der Waals surface area contributed by atoms with Crippen LogP contribution in [0.2, 0.25) is 0 Å². The standard InChI is InChI=1S/C11H14BrNO2S/c1-3-15-11(14)7(2)16-10-5-4-8(12)6-9(10)13/h4-7H,3,13H2,1-2H3. The second kappa shape index (κ2) is 6.15. The number of nitrogens with two attached hydrogens (primary N) is 1. The Hall–Kier alpha value is -0.680. The van der Waals surface area contributed by atoms with Gasteiger partial charge in [0, 0.05) is 15.1 Å². The van der Waals surface area contributed by atoms with Crippen molar-refractivity contribution in [2.45, 2.75) is 24.0 Å². The van der Waals surface area contributed by atoms with Crippen LogP contribution in [0, 0.1) is 0 Å². The maximum Gasteiger partial charge on any atom is 0.319 e. The molecule has 0 heterocycles. The minimum atomic E-state index is -0.247. The third-order valence-electron chi connectivity index (χ3n) is 1.89. The highest BCUT2D eigenvalue weighted by atomic mass is 79.9. The van der Waals surface area contributed by atoms with Crippen molar-refractivity contribution >= 4 is 39.3 Å². The van der Waals surface area contributed by atoms with E-state index in [1.807, 2.05) is 25.1 Å². The Kier molecular flexibility index (Phi) is 5.15. The number of halogens is 1. The molecule has 0 saturated heterocycles. The van der Waals surface area contributed by atoms with E-state index in [0.29, 0.717) is 12.3 Å². The number of carbonyl (C=O) groups is 1. The normalized spacial score (nSPS) is 12.2. The van der Waals surface area contributed by atoms with Crippen LogP contribution in [0.25, 0.3) is 0 Å². The van der Waals surface area contributed by atoms with E-state index in [0.717, 1.165) is 9.37 Å². The molecule has 0 bridgehead atoms. The van der Waals surface area contributed by atoms with Gasteiger partial charge in [0.2, 0.25) is 0 Å². The quantitative estimate of drug-likeness (QED) is 0.527. The minimum absolute atomic E-state index is 0.213. The van der Waals surface area contributed by atoms with Crippen LogP contribution in [0.1, 0.15) is 13.8 Å². The topological polar surface area (TPSA) is 52.3 Å². The van der Waals surface area contributed by atoms with Crippen LogP contribution in [0.4, 0.5) is 5.69 Å². The molecule has 1 unspecified atom stereocenters. The van der Waals surface area contributed by atoms with Crippen molar-refractivity contribution in [3.8, 4) is 0 Å². The first kappa shape index (κ1) is 13.4. The average molecular weight is 304 g/mol. The van der Waals surface area contributed by atoms with Gasteiger partial charge in [-0.1, -0.05) is 15.9 Å². The number of ether oxygens (including phenoxy) is 1. The average Bonchev–Trinajstić information content (AvgIpc) is 2.22. The smallest absolute Gasteiger partial charge is 0.319 e. The van der Waals surface area contributed by atoms with Gasteiger partial charge >= 0.3 is 5.97 Å². The van der Waals surface area contributed by atoms with E-state index in [1.54, 1.807) is 6.92 Å². The molecule has 0 aliphatic carbocycles. The monoisotopic (exact) mass is 303 g/mol. The molecule has 0 aliphatic rings. The zero-order chi connectivity index (χ0) is 12.1. The van der Waals surface area contributed by atoms with E-state index in [-0.39, 0.29) is 11.2 Å². The van der Waals surface area contributed by atoms with Gasteiger partial charge in [-0.2, -0.15) is 0 Å². The summed E-state index contributed by atoms with van der Waals surface area (Å²) in [4.78, 5) is 12.3. The number of esters is 1. The number of rotatable bonds is 4. The fraction of sp³-hybridized carbons (Fsp3) is 0.364. The van der Waals surface area contributed by atoms with E-state index in [9.17, 15) is 4.79 Å². The second-order valence-corrected chi connectivity index (χ2v) is 5.49. The van der Waals surface area contributed by atoms with Crippen molar-refractivity contribution in [3.63, 3.8) is 0 Å². The van der Waals surface area contributed by atoms with Crippen molar-refractivity contribution in [2.24, 2.45) is 0 Å². The largest absolute Gasteiger partial charge is 0.465 e. The number of hydrogen-bond donors (Lipinski definition) is 1. The molecule has 1 aromatic carbocycles. The molecular weight excluding hydrogens is 290 g/mol. The fourth-order valence-electron chi connectivity index (χ4n) is 1.12. The zero-order valence-electron chi connectivity index (χ0n) is 9.20. The molecule has 0 spiro atoms. The predicted molar refractivity (Wildman–Crippen MR) is 70.5 cm³/mol. The first-order chi connectivity index (χ1) is 7.54. The summed E-state index contributed by atoms with van der Waals surface area (Å²) in [5, 5.41) is -0.247. The van der Waals surface area contributed by atoms with E-state index in [1.165, 1.54) is 11.8 Å². The van der Waals surface area contributed by atoms with Gasteiger partial charge in [0.1, 0.15) is 5.25 Å². The maximum atomic E-state index is 11.4. The summed E-state index contributed by atoms with van der Waals surface area (Å²) in [6, 6.07) is 5.61. The van der Waals surface area contributed by atoms with Gasteiger partial charge in [-0.15, -0.1) is 11.8 Å². The summed E-state index contributed by atoms with van der Waals surface area (Å²) in [5.74, 6) is -0.213. The Bertz CT molecular complexity index is 384. The molecule has 2 N–H and O–H groups in total. The molecule has 0 fully saturated rings. The van der Waals surface area contributed by atoms with Crippen LogP contribution >= 0.6 is 27.7 Å². The van der Waals surface area contributed by atoms with Crippen molar-refractivity contribution in [2.75, 3.05) is 12.3 Å². The van der Waals surface area contributed by atoms with E-state index >= 15 is 0 Å². The van der Waals surface area contributed by atoms with Crippen molar-refractivity contribution < 1.29 is 9.53 Å². The second-order valence-electron chi connectivity index (χ2n) is 3.19. The summed E-state index contributed by atoms with van der Waals surface area (Å²) in [5.41, 5.74) is 6.50. The van der Waals surface area contributed by atoms with Gasteiger partial charge in [0.25, 0.3) is 0 Å².